The molecule has 2 heterocycles. The lowest BCUT2D eigenvalue weighted by Gasteiger charge is -2.38. The van der Waals surface area contributed by atoms with Gasteiger partial charge in [0.15, 0.2) is 0 Å². The summed E-state index contributed by atoms with van der Waals surface area (Å²) in [5.41, 5.74) is 0. The molecule has 21 heavy (non-hydrogen) atoms. The van der Waals surface area contributed by atoms with Crippen LogP contribution in [0.15, 0.2) is 22.8 Å². The molecular formula is C14H21N3O4. The van der Waals surface area contributed by atoms with Crippen LogP contribution < -0.4 is 0 Å². The predicted molar refractivity (Wildman–Crippen MR) is 75.8 cm³/mol. The second kappa shape index (κ2) is 6.62. The van der Waals surface area contributed by atoms with Crippen LogP contribution in [0.25, 0.3) is 0 Å². The molecule has 0 aliphatic carbocycles. The van der Waals surface area contributed by atoms with Crippen LogP contribution >= 0.6 is 0 Å². The molecule has 0 aromatic carbocycles. The van der Waals surface area contributed by atoms with Crippen LogP contribution in [-0.2, 0) is 11.3 Å². The maximum atomic E-state index is 12.3. The van der Waals surface area contributed by atoms with Gasteiger partial charge in [-0.05, 0) is 19.1 Å². The highest BCUT2D eigenvalue weighted by Crippen LogP contribution is 2.11. The molecule has 2 amide bonds. The summed E-state index contributed by atoms with van der Waals surface area (Å²) in [4.78, 5) is 28.5. The number of furan rings is 1. The zero-order valence-corrected chi connectivity index (χ0v) is 12.4. The summed E-state index contributed by atoms with van der Waals surface area (Å²) in [5.74, 6) is -0.0892. The van der Waals surface area contributed by atoms with E-state index in [1.54, 1.807) is 36.1 Å². The van der Waals surface area contributed by atoms with Crippen molar-refractivity contribution < 1.29 is 19.1 Å². The first kappa shape index (κ1) is 15.4. The number of amides is 2. The van der Waals surface area contributed by atoms with Gasteiger partial charge in [0.2, 0.25) is 0 Å². The Kier molecular flexibility index (Phi) is 4.85. The first-order valence-corrected chi connectivity index (χ1v) is 6.98. The molecule has 1 aromatic rings. The van der Waals surface area contributed by atoms with Gasteiger partial charge in [-0.2, -0.15) is 0 Å². The molecule has 1 fully saturated rings. The van der Waals surface area contributed by atoms with Crippen molar-refractivity contribution in [1.29, 1.82) is 0 Å². The average molecular weight is 295 g/mol. The Labute approximate surface area is 123 Å². The SMILES string of the molecule is CC(C(=O)O)N1CCN(C(=O)N(C)Cc2ccco2)CC1. The molecular weight excluding hydrogens is 274 g/mol. The summed E-state index contributed by atoms with van der Waals surface area (Å²) in [7, 11) is 1.73. The molecule has 2 rings (SSSR count). The van der Waals surface area contributed by atoms with Crippen LogP contribution in [0.4, 0.5) is 4.79 Å². The first-order valence-electron chi connectivity index (χ1n) is 6.98. The van der Waals surface area contributed by atoms with Crippen molar-refractivity contribution in [3.05, 3.63) is 24.2 Å². The van der Waals surface area contributed by atoms with Crippen molar-refractivity contribution in [2.45, 2.75) is 19.5 Å². The number of hydrogen-bond donors (Lipinski definition) is 1. The Morgan fingerprint density at radius 2 is 2.05 bits per heavy atom. The van der Waals surface area contributed by atoms with Crippen molar-refractivity contribution in [3.63, 3.8) is 0 Å². The lowest BCUT2D eigenvalue weighted by Crippen LogP contribution is -2.55. The van der Waals surface area contributed by atoms with Gasteiger partial charge in [-0.3, -0.25) is 9.69 Å². The number of carbonyl (C=O) groups excluding carboxylic acids is 1. The Balaban J connectivity index is 1.84. The van der Waals surface area contributed by atoms with Gasteiger partial charge in [-0.1, -0.05) is 0 Å². The van der Waals surface area contributed by atoms with E-state index in [4.69, 9.17) is 9.52 Å². The monoisotopic (exact) mass is 295 g/mol. The number of nitrogens with zero attached hydrogens (tertiary/aromatic N) is 3. The number of hydrogen-bond acceptors (Lipinski definition) is 4. The Morgan fingerprint density at radius 1 is 1.38 bits per heavy atom. The maximum Gasteiger partial charge on any atom is 0.320 e. The summed E-state index contributed by atoms with van der Waals surface area (Å²) in [5, 5.41) is 9.00. The van der Waals surface area contributed by atoms with Crippen LogP contribution in [0.5, 0.6) is 0 Å². The second-order valence-electron chi connectivity index (χ2n) is 5.26. The quantitative estimate of drug-likeness (QED) is 0.894. The van der Waals surface area contributed by atoms with Crippen molar-refractivity contribution in [1.82, 2.24) is 14.7 Å². The number of piperazine rings is 1. The van der Waals surface area contributed by atoms with Crippen molar-refractivity contribution in [2.75, 3.05) is 33.2 Å². The van der Waals surface area contributed by atoms with Gasteiger partial charge >= 0.3 is 12.0 Å². The van der Waals surface area contributed by atoms with E-state index in [9.17, 15) is 9.59 Å². The van der Waals surface area contributed by atoms with Gasteiger partial charge in [-0.15, -0.1) is 0 Å². The first-order chi connectivity index (χ1) is 9.99. The van der Waals surface area contributed by atoms with E-state index in [2.05, 4.69) is 0 Å². The molecule has 1 unspecified atom stereocenters. The Bertz CT molecular complexity index is 480. The smallest absolute Gasteiger partial charge is 0.320 e. The zero-order valence-electron chi connectivity index (χ0n) is 12.4. The molecule has 1 N–H and O–H groups in total. The van der Waals surface area contributed by atoms with E-state index in [1.165, 1.54) is 0 Å². The van der Waals surface area contributed by atoms with E-state index in [-0.39, 0.29) is 6.03 Å². The summed E-state index contributed by atoms with van der Waals surface area (Å²) in [6.45, 7) is 4.33. The minimum atomic E-state index is -0.829. The molecule has 0 radical (unpaired) electrons. The standard InChI is InChI=1S/C14H21N3O4/c1-11(13(18)19)16-5-7-17(8-6-16)14(20)15(2)10-12-4-3-9-21-12/h3-4,9,11H,5-8,10H2,1-2H3,(H,18,19). The fourth-order valence-corrected chi connectivity index (χ4v) is 2.40. The molecule has 1 atom stereocenters. The molecule has 0 saturated carbocycles. The minimum absolute atomic E-state index is 0.0611. The van der Waals surface area contributed by atoms with Gasteiger partial charge in [0.05, 0.1) is 12.8 Å². The molecule has 1 aliphatic heterocycles. The van der Waals surface area contributed by atoms with Crippen molar-refractivity contribution >= 4 is 12.0 Å². The van der Waals surface area contributed by atoms with Crippen LogP contribution in [-0.4, -0.2) is 71.1 Å². The fourth-order valence-electron chi connectivity index (χ4n) is 2.40. The van der Waals surface area contributed by atoms with Gasteiger partial charge in [0.25, 0.3) is 0 Å². The van der Waals surface area contributed by atoms with E-state index >= 15 is 0 Å². The summed E-state index contributed by atoms with van der Waals surface area (Å²) in [6, 6.07) is 3.05. The molecule has 0 spiro atoms. The molecule has 1 aliphatic rings. The third-order valence-electron chi connectivity index (χ3n) is 3.79. The number of aliphatic carboxylic acids is 1. The summed E-state index contributed by atoms with van der Waals surface area (Å²) >= 11 is 0. The van der Waals surface area contributed by atoms with Crippen LogP contribution in [0, 0.1) is 0 Å². The van der Waals surface area contributed by atoms with Gasteiger partial charge in [0, 0.05) is 33.2 Å². The van der Waals surface area contributed by atoms with Crippen molar-refractivity contribution in [2.24, 2.45) is 0 Å². The molecule has 0 bridgehead atoms. The summed E-state index contributed by atoms with van der Waals surface area (Å²) in [6.07, 6.45) is 1.58. The van der Waals surface area contributed by atoms with Crippen LogP contribution in [0.2, 0.25) is 0 Å². The van der Waals surface area contributed by atoms with E-state index in [0.717, 1.165) is 5.76 Å². The third-order valence-corrected chi connectivity index (χ3v) is 3.79. The number of rotatable bonds is 4. The van der Waals surface area contributed by atoms with Gasteiger partial charge < -0.3 is 19.3 Å². The Hall–Kier alpha value is -2.02. The summed E-state index contributed by atoms with van der Waals surface area (Å²) < 4.78 is 5.23. The highest BCUT2D eigenvalue weighted by Gasteiger charge is 2.28. The third kappa shape index (κ3) is 3.75. The van der Waals surface area contributed by atoms with Gasteiger partial charge in [-0.25, -0.2) is 4.79 Å². The second-order valence-corrected chi connectivity index (χ2v) is 5.26. The highest BCUT2D eigenvalue weighted by atomic mass is 16.4. The number of carboxylic acid groups (broad SMARTS) is 1. The number of carbonyl (C=O) groups is 2. The lowest BCUT2D eigenvalue weighted by atomic mass is 10.2. The molecule has 7 heteroatoms. The largest absolute Gasteiger partial charge is 0.480 e. The number of carboxylic acids is 1. The zero-order chi connectivity index (χ0) is 15.4. The maximum absolute atomic E-state index is 12.3. The molecule has 1 aromatic heterocycles. The van der Waals surface area contributed by atoms with Crippen LogP contribution in [0.3, 0.4) is 0 Å². The van der Waals surface area contributed by atoms with E-state index in [1.807, 2.05) is 11.0 Å². The topological polar surface area (TPSA) is 77.2 Å². The molecule has 7 nitrogen and oxygen atoms in total. The molecule has 116 valence electrons. The predicted octanol–water partition coefficient (Wildman–Crippen LogP) is 0.922. The number of urea groups is 1. The van der Waals surface area contributed by atoms with E-state index in [0.29, 0.717) is 32.7 Å². The minimum Gasteiger partial charge on any atom is -0.480 e. The Morgan fingerprint density at radius 3 is 2.57 bits per heavy atom. The van der Waals surface area contributed by atoms with Crippen LogP contribution in [0.1, 0.15) is 12.7 Å². The normalized spacial score (nSPS) is 17.5. The van der Waals surface area contributed by atoms with Crippen molar-refractivity contribution in [3.8, 4) is 0 Å². The fraction of sp³-hybridized carbons (Fsp3) is 0.571. The average Bonchev–Trinajstić information content (AvgIpc) is 2.98. The highest BCUT2D eigenvalue weighted by molar-refractivity contribution is 5.75. The lowest BCUT2D eigenvalue weighted by molar-refractivity contribution is -0.143. The van der Waals surface area contributed by atoms with E-state index < -0.39 is 12.0 Å². The molecule has 1 saturated heterocycles. The van der Waals surface area contributed by atoms with Gasteiger partial charge in [0.1, 0.15) is 11.8 Å².